The van der Waals surface area contributed by atoms with Gasteiger partial charge in [-0.15, -0.1) is 0 Å². The maximum absolute atomic E-state index is 13.4. The lowest BCUT2D eigenvalue weighted by Gasteiger charge is -2.60. The molecule has 7 aliphatic rings. The van der Waals surface area contributed by atoms with Gasteiger partial charge in [0.05, 0.1) is 11.1 Å². The van der Waals surface area contributed by atoms with Crippen molar-refractivity contribution in [3.63, 3.8) is 0 Å². The molecule has 1 heterocycles. The highest BCUT2D eigenvalue weighted by molar-refractivity contribution is 6.04. The second kappa shape index (κ2) is 4.94. The first-order valence-electron chi connectivity index (χ1n) is 10.7. The summed E-state index contributed by atoms with van der Waals surface area (Å²) in [5, 5.41) is 0. The number of fused-ring (bicyclic) bond motifs is 1. The minimum Gasteiger partial charge on any atom is -0.458 e. The molecule has 6 aliphatic carbocycles. The van der Waals surface area contributed by atoms with Crippen LogP contribution in [-0.2, 0) is 19.1 Å². The first-order valence-corrected chi connectivity index (χ1v) is 10.7. The van der Waals surface area contributed by atoms with Gasteiger partial charge in [-0.2, -0.15) is 0 Å². The van der Waals surface area contributed by atoms with Crippen molar-refractivity contribution >= 4 is 11.9 Å². The molecule has 4 unspecified atom stereocenters. The van der Waals surface area contributed by atoms with Crippen LogP contribution in [0.5, 0.6) is 0 Å². The first kappa shape index (κ1) is 15.7. The van der Waals surface area contributed by atoms with E-state index in [2.05, 4.69) is 13.8 Å². The smallest absolute Gasteiger partial charge is 0.335 e. The monoisotopic (exact) mass is 356 g/mol. The van der Waals surface area contributed by atoms with Crippen molar-refractivity contribution in [2.24, 2.45) is 41.4 Å². The SMILES string of the molecule is CCC1(OC(=O)C2=C3C(=O)OC4C3CC2C4C)C2CC3CC(C2)CC1C3. The van der Waals surface area contributed by atoms with Crippen LogP contribution in [-0.4, -0.2) is 23.6 Å². The molecule has 0 radical (unpaired) electrons. The Bertz CT molecular complexity index is 706. The molecule has 0 N–H and O–H groups in total. The third kappa shape index (κ3) is 1.72. The van der Waals surface area contributed by atoms with E-state index in [-0.39, 0.29) is 41.4 Å². The lowest BCUT2D eigenvalue weighted by atomic mass is 9.49. The van der Waals surface area contributed by atoms with Gasteiger partial charge >= 0.3 is 11.9 Å². The summed E-state index contributed by atoms with van der Waals surface area (Å²) in [6.07, 6.45) is 8.11. The number of hydrogen-bond donors (Lipinski definition) is 0. The van der Waals surface area contributed by atoms with E-state index in [4.69, 9.17) is 9.47 Å². The van der Waals surface area contributed by atoms with E-state index in [1.807, 2.05) is 0 Å². The highest BCUT2D eigenvalue weighted by atomic mass is 16.6. The van der Waals surface area contributed by atoms with E-state index < -0.39 is 0 Å². The lowest BCUT2D eigenvalue weighted by molar-refractivity contribution is -0.207. The molecule has 7 rings (SSSR count). The van der Waals surface area contributed by atoms with Crippen LogP contribution in [0, 0.1) is 41.4 Å². The Kier molecular flexibility index (Phi) is 2.98. The molecule has 1 aliphatic heterocycles. The molecular weight excluding hydrogens is 328 g/mol. The van der Waals surface area contributed by atoms with Gasteiger partial charge in [0.1, 0.15) is 11.7 Å². The van der Waals surface area contributed by atoms with Crippen molar-refractivity contribution in [3.8, 4) is 0 Å². The number of carbonyl (C=O) groups excluding carboxylic acids is 2. The van der Waals surface area contributed by atoms with Crippen LogP contribution < -0.4 is 0 Å². The Labute approximate surface area is 154 Å². The topological polar surface area (TPSA) is 52.6 Å². The third-order valence-corrected chi connectivity index (χ3v) is 9.13. The molecule has 140 valence electrons. The van der Waals surface area contributed by atoms with Crippen molar-refractivity contribution in [2.45, 2.75) is 70.5 Å². The fourth-order valence-electron chi connectivity index (χ4n) is 8.20. The van der Waals surface area contributed by atoms with Gasteiger partial charge in [-0.25, -0.2) is 9.59 Å². The summed E-state index contributed by atoms with van der Waals surface area (Å²) in [7, 11) is 0. The van der Waals surface area contributed by atoms with Gasteiger partial charge in [-0.1, -0.05) is 13.8 Å². The summed E-state index contributed by atoms with van der Waals surface area (Å²) in [6.45, 7) is 4.31. The average molecular weight is 356 g/mol. The van der Waals surface area contributed by atoms with Crippen LogP contribution in [0.25, 0.3) is 0 Å². The molecule has 5 saturated carbocycles. The predicted molar refractivity (Wildman–Crippen MR) is 93.8 cm³/mol. The van der Waals surface area contributed by atoms with Gasteiger partial charge in [0.2, 0.25) is 0 Å². The van der Waals surface area contributed by atoms with E-state index in [1.54, 1.807) is 0 Å². The molecule has 4 nitrogen and oxygen atoms in total. The number of rotatable bonds is 3. The Morgan fingerprint density at radius 1 is 1.08 bits per heavy atom. The summed E-state index contributed by atoms with van der Waals surface area (Å²) in [5.41, 5.74) is 1.06. The summed E-state index contributed by atoms with van der Waals surface area (Å²) < 4.78 is 12.0. The highest BCUT2D eigenvalue weighted by Gasteiger charge is 2.63. The van der Waals surface area contributed by atoms with Gasteiger partial charge in [-0.05, 0) is 74.5 Å². The minimum absolute atomic E-state index is 0.000332. The zero-order valence-electron chi connectivity index (χ0n) is 15.7. The molecule has 26 heavy (non-hydrogen) atoms. The van der Waals surface area contributed by atoms with Gasteiger partial charge in [0.15, 0.2) is 0 Å². The van der Waals surface area contributed by atoms with Gasteiger partial charge in [0.25, 0.3) is 0 Å². The summed E-state index contributed by atoms with van der Waals surface area (Å²) in [5.74, 6) is 2.85. The number of esters is 2. The second-order valence-corrected chi connectivity index (χ2v) is 10.0. The fraction of sp³-hybridized carbons (Fsp3) is 0.818. The molecule has 0 aromatic rings. The van der Waals surface area contributed by atoms with Crippen molar-refractivity contribution in [3.05, 3.63) is 11.1 Å². The molecule has 0 aromatic carbocycles. The number of carbonyl (C=O) groups is 2. The van der Waals surface area contributed by atoms with Gasteiger partial charge < -0.3 is 9.47 Å². The average Bonchev–Trinajstić information content (AvgIpc) is 3.22. The third-order valence-electron chi connectivity index (χ3n) is 9.13. The largest absolute Gasteiger partial charge is 0.458 e. The zero-order valence-corrected chi connectivity index (χ0v) is 15.7. The molecule has 4 heteroatoms. The van der Waals surface area contributed by atoms with Crippen LogP contribution >= 0.6 is 0 Å². The molecule has 4 atom stereocenters. The maximum atomic E-state index is 13.4. The molecule has 0 aromatic heterocycles. The van der Waals surface area contributed by atoms with E-state index in [0.717, 1.165) is 24.7 Å². The summed E-state index contributed by atoms with van der Waals surface area (Å²) in [6, 6.07) is 0. The van der Waals surface area contributed by atoms with Crippen LogP contribution in [0.1, 0.15) is 58.8 Å². The second-order valence-electron chi connectivity index (χ2n) is 10.0. The highest BCUT2D eigenvalue weighted by Crippen LogP contribution is 2.62. The van der Waals surface area contributed by atoms with Crippen molar-refractivity contribution in [1.29, 1.82) is 0 Å². The molecule has 0 amide bonds. The Balaban J connectivity index is 1.34. The maximum Gasteiger partial charge on any atom is 0.335 e. The first-order chi connectivity index (χ1) is 12.5. The quantitative estimate of drug-likeness (QED) is 0.725. The summed E-state index contributed by atoms with van der Waals surface area (Å²) in [4.78, 5) is 25.7. The predicted octanol–water partition coefficient (Wildman–Crippen LogP) is 3.64. The number of ether oxygens (including phenoxy) is 2. The Hall–Kier alpha value is -1.32. The molecule has 1 saturated heterocycles. The van der Waals surface area contributed by atoms with Crippen LogP contribution in [0.4, 0.5) is 0 Å². The lowest BCUT2D eigenvalue weighted by Crippen LogP contribution is -2.59. The normalized spacial score (nSPS) is 52.8. The molecule has 6 bridgehead atoms. The molecule has 0 spiro atoms. The Morgan fingerprint density at radius 3 is 2.35 bits per heavy atom. The van der Waals surface area contributed by atoms with E-state index in [9.17, 15) is 9.59 Å². The van der Waals surface area contributed by atoms with Crippen molar-refractivity contribution < 1.29 is 19.1 Å². The van der Waals surface area contributed by atoms with E-state index in [1.165, 1.54) is 32.1 Å². The standard InChI is InChI=1S/C22H28O4/c1-3-22(13-5-11-4-12(7-13)8-14(22)6-11)26-21(24)17-15-9-16-18(17)20(23)25-19(16)10(15)2/h10-16,19H,3-9H2,1-2H3. The van der Waals surface area contributed by atoms with E-state index >= 15 is 0 Å². The van der Waals surface area contributed by atoms with Crippen LogP contribution in [0.15, 0.2) is 11.1 Å². The van der Waals surface area contributed by atoms with Crippen LogP contribution in [0.3, 0.4) is 0 Å². The minimum atomic E-state index is -0.287. The van der Waals surface area contributed by atoms with E-state index in [0.29, 0.717) is 23.0 Å². The summed E-state index contributed by atoms with van der Waals surface area (Å²) >= 11 is 0. The molecule has 6 fully saturated rings. The Morgan fingerprint density at radius 2 is 1.73 bits per heavy atom. The van der Waals surface area contributed by atoms with Crippen molar-refractivity contribution in [1.82, 2.24) is 0 Å². The van der Waals surface area contributed by atoms with Crippen LogP contribution in [0.2, 0.25) is 0 Å². The number of hydrogen-bond acceptors (Lipinski definition) is 4. The van der Waals surface area contributed by atoms with Gasteiger partial charge in [0, 0.05) is 11.8 Å². The molecular formula is C22H28O4. The fourth-order valence-corrected chi connectivity index (χ4v) is 8.20. The zero-order chi connectivity index (χ0) is 17.8. The van der Waals surface area contributed by atoms with Crippen molar-refractivity contribution in [2.75, 3.05) is 0 Å². The van der Waals surface area contributed by atoms with Gasteiger partial charge in [-0.3, -0.25) is 0 Å².